The number of carbonyl (C=O) groups is 3. The van der Waals surface area contributed by atoms with Crippen LogP contribution < -0.4 is 11.1 Å². The molecule has 2 amide bonds. The summed E-state index contributed by atoms with van der Waals surface area (Å²) in [5.41, 5.74) is 3.86. The molecule has 104 valence electrons. The predicted molar refractivity (Wildman–Crippen MR) is 63.7 cm³/mol. The van der Waals surface area contributed by atoms with Crippen molar-refractivity contribution in [3.8, 4) is 0 Å². The average molecular weight is 260 g/mol. The highest BCUT2D eigenvalue weighted by Crippen LogP contribution is 2.14. The minimum atomic E-state index is -1.21. The highest BCUT2D eigenvalue weighted by molar-refractivity contribution is 5.89. The fraction of sp³-hybridized carbons (Fsp3) is 0.727. The van der Waals surface area contributed by atoms with Crippen molar-refractivity contribution in [3.63, 3.8) is 0 Å². The van der Waals surface area contributed by atoms with Crippen LogP contribution in [-0.4, -0.2) is 41.6 Å². The maximum absolute atomic E-state index is 11.9. The summed E-state index contributed by atoms with van der Waals surface area (Å²) < 4.78 is 5.06. The van der Waals surface area contributed by atoms with Gasteiger partial charge >= 0.3 is 5.97 Å². The first-order chi connectivity index (χ1) is 8.26. The molecule has 2 atom stereocenters. The van der Waals surface area contributed by atoms with Gasteiger partial charge in [0, 0.05) is 13.5 Å². The van der Waals surface area contributed by atoms with E-state index in [9.17, 15) is 14.4 Å². The third-order valence-corrected chi connectivity index (χ3v) is 2.89. The molecule has 0 saturated carbocycles. The Kier molecular flexibility index (Phi) is 6.32. The Labute approximate surface area is 106 Å². The first-order valence-electron chi connectivity index (χ1n) is 5.64. The van der Waals surface area contributed by atoms with E-state index in [1.54, 1.807) is 13.8 Å². The van der Waals surface area contributed by atoms with Crippen molar-refractivity contribution in [2.45, 2.75) is 44.8 Å². The van der Waals surface area contributed by atoms with Gasteiger partial charge in [-0.3, -0.25) is 9.59 Å². The molecule has 0 saturated heterocycles. The quantitative estimate of drug-likeness (QED) is 0.550. The van der Waals surface area contributed by atoms with Gasteiger partial charge < -0.3 is 20.9 Å². The molecule has 0 aromatic carbocycles. The first kappa shape index (κ1) is 16.4. The lowest BCUT2D eigenvalue weighted by Crippen LogP contribution is -2.51. The summed E-state index contributed by atoms with van der Waals surface area (Å²) in [4.78, 5) is 33.4. The number of primary amides is 1. The second-order valence-corrected chi connectivity index (χ2v) is 4.16. The molecule has 0 spiro atoms. The standard InChI is InChI=1S/C11H20N2O5/c1-4-11(2,18-3)10(17)13-7(9(15)16)5-6-8(12)14/h7H,4-6H2,1-3H3,(H2,12,14)(H,13,17)(H,15,16)/t7-,11?/m0/s1. The Morgan fingerprint density at radius 3 is 2.33 bits per heavy atom. The van der Waals surface area contributed by atoms with Crippen LogP contribution in [0.1, 0.15) is 33.1 Å². The van der Waals surface area contributed by atoms with E-state index in [0.717, 1.165) is 0 Å². The summed E-state index contributed by atoms with van der Waals surface area (Å²) in [6, 6.07) is -1.15. The molecule has 0 aliphatic rings. The Morgan fingerprint density at radius 2 is 2.00 bits per heavy atom. The SMILES string of the molecule is CCC(C)(OC)C(=O)N[C@@H](CCC(N)=O)C(=O)O. The third-order valence-electron chi connectivity index (χ3n) is 2.89. The van der Waals surface area contributed by atoms with E-state index in [-0.39, 0.29) is 12.8 Å². The van der Waals surface area contributed by atoms with Gasteiger partial charge in [-0.2, -0.15) is 0 Å². The van der Waals surface area contributed by atoms with Crippen LogP contribution in [0.5, 0.6) is 0 Å². The smallest absolute Gasteiger partial charge is 0.326 e. The van der Waals surface area contributed by atoms with Gasteiger partial charge in [0.05, 0.1) is 0 Å². The largest absolute Gasteiger partial charge is 0.480 e. The maximum Gasteiger partial charge on any atom is 0.326 e. The van der Waals surface area contributed by atoms with E-state index in [0.29, 0.717) is 6.42 Å². The van der Waals surface area contributed by atoms with Crippen LogP contribution >= 0.6 is 0 Å². The molecule has 0 aliphatic carbocycles. The zero-order valence-corrected chi connectivity index (χ0v) is 10.9. The van der Waals surface area contributed by atoms with Crippen LogP contribution in [0.2, 0.25) is 0 Å². The van der Waals surface area contributed by atoms with E-state index in [2.05, 4.69) is 5.32 Å². The molecule has 4 N–H and O–H groups in total. The summed E-state index contributed by atoms with van der Waals surface area (Å²) in [6.07, 6.45) is 0.254. The van der Waals surface area contributed by atoms with Crippen molar-refractivity contribution < 1.29 is 24.2 Å². The number of amides is 2. The zero-order valence-electron chi connectivity index (χ0n) is 10.9. The van der Waals surface area contributed by atoms with E-state index < -0.39 is 29.4 Å². The monoisotopic (exact) mass is 260 g/mol. The summed E-state index contributed by atoms with van der Waals surface area (Å²) in [5.74, 6) is -2.34. The molecular formula is C11H20N2O5. The lowest BCUT2D eigenvalue weighted by atomic mass is 10.0. The highest BCUT2D eigenvalue weighted by atomic mass is 16.5. The number of carboxylic acids is 1. The minimum absolute atomic E-state index is 0.0418. The molecule has 1 unspecified atom stereocenters. The lowest BCUT2D eigenvalue weighted by molar-refractivity contribution is -0.149. The van der Waals surface area contributed by atoms with Gasteiger partial charge in [-0.15, -0.1) is 0 Å². The molecule has 0 aromatic heterocycles. The van der Waals surface area contributed by atoms with E-state index in [4.69, 9.17) is 15.6 Å². The number of nitrogens with one attached hydrogen (secondary N) is 1. The molecule has 0 radical (unpaired) electrons. The van der Waals surface area contributed by atoms with E-state index >= 15 is 0 Å². The number of carbonyl (C=O) groups excluding carboxylic acids is 2. The van der Waals surface area contributed by atoms with Gasteiger partial charge in [-0.05, 0) is 19.8 Å². The molecule has 0 aromatic rings. The number of carboxylic acid groups (broad SMARTS) is 1. The van der Waals surface area contributed by atoms with Crippen molar-refractivity contribution in [2.75, 3.05) is 7.11 Å². The van der Waals surface area contributed by atoms with E-state index in [1.807, 2.05) is 0 Å². The van der Waals surface area contributed by atoms with Crippen molar-refractivity contribution >= 4 is 17.8 Å². The topological polar surface area (TPSA) is 119 Å². The van der Waals surface area contributed by atoms with Gasteiger partial charge in [-0.1, -0.05) is 6.92 Å². The Balaban J connectivity index is 4.63. The number of hydrogen-bond acceptors (Lipinski definition) is 4. The zero-order chi connectivity index (χ0) is 14.3. The van der Waals surface area contributed by atoms with Crippen LogP contribution in [-0.2, 0) is 19.1 Å². The van der Waals surface area contributed by atoms with Crippen LogP contribution in [0.15, 0.2) is 0 Å². The number of nitrogens with two attached hydrogens (primary N) is 1. The number of ether oxygens (including phenoxy) is 1. The van der Waals surface area contributed by atoms with Crippen molar-refractivity contribution in [3.05, 3.63) is 0 Å². The second-order valence-electron chi connectivity index (χ2n) is 4.16. The summed E-state index contributed by atoms with van der Waals surface area (Å²) in [7, 11) is 1.38. The summed E-state index contributed by atoms with van der Waals surface area (Å²) >= 11 is 0. The van der Waals surface area contributed by atoms with Crippen molar-refractivity contribution in [1.29, 1.82) is 0 Å². The highest BCUT2D eigenvalue weighted by Gasteiger charge is 2.33. The van der Waals surface area contributed by atoms with Crippen LogP contribution in [0.4, 0.5) is 0 Å². The van der Waals surface area contributed by atoms with Crippen molar-refractivity contribution in [1.82, 2.24) is 5.32 Å². The Morgan fingerprint density at radius 1 is 1.44 bits per heavy atom. The lowest BCUT2D eigenvalue weighted by Gasteiger charge is -2.27. The van der Waals surface area contributed by atoms with Gasteiger partial charge in [0.1, 0.15) is 11.6 Å². The van der Waals surface area contributed by atoms with Gasteiger partial charge in [0.25, 0.3) is 5.91 Å². The normalized spacial score (nSPS) is 15.5. The average Bonchev–Trinajstić information content (AvgIpc) is 2.32. The minimum Gasteiger partial charge on any atom is -0.480 e. The van der Waals surface area contributed by atoms with Gasteiger partial charge in [0.15, 0.2) is 0 Å². The number of methoxy groups -OCH3 is 1. The number of hydrogen-bond donors (Lipinski definition) is 3. The second kappa shape index (κ2) is 6.95. The maximum atomic E-state index is 11.9. The van der Waals surface area contributed by atoms with Crippen LogP contribution in [0, 0.1) is 0 Å². The molecule has 0 rings (SSSR count). The number of rotatable bonds is 8. The molecule has 0 bridgehead atoms. The molecule has 0 fully saturated rings. The first-order valence-corrected chi connectivity index (χ1v) is 5.64. The molecule has 0 aliphatic heterocycles. The van der Waals surface area contributed by atoms with E-state index in [1.165, 1.54) is 7.11 Å². The summed E-state index contributed by atoms with van der Waals surface area (Å²) in [5, 5.41) is 11.3. The Hall–Kier alpha value is -1.63. The number of aliphatic carboxylic acids is 1. The fourth-order valence-electron chi connectivity index (χ4n) is 1.25. The molecule has 7 heteroatoms. The Bertz CT molecular complexity index is 325. The van der Waals surface area contributed by atoms with Crippen molar-refractivity contribution in [2.24, 2.45) is 5.73 Å². The summed E-state index contributed by atoms with van der Waals surface area (Å²) in [6.45, 7) is 3.32. The molecular weight excluding hydrogens is 240 g/mol. The molecule has 18 heavy (non-hydrogen) atoms. The third kappa shape index (κ3) is 4.70. The molecule has 7 nitrogen and oxygen atoms in total. The van der Waals surface area contributed by atoms with Crippen LogP contribution in [0.25, 0.3) is 0 Å². The fourth-order valence-corrected chi connectivity index (χ4v) is 1.25. The van der Waals surface area contributed by atoms with Crippen LogP contribution in [0.3, 0.4) is 0 Å². The predicted octanol–water partition coefficient (Wildman–Crippen LogP) is -0.364. The molecule has 0 heterocycles. The van der Waals surface area contributed by atoms with Gasteiger partial charge in [0.2, 0.25) is 5.91 Å². The van der Waals surface area contributed by atoms with Gasteiger partial charge in [-0.25, -0.2) is 4.79 Å².